The topological polar surface area (TPSA) is 62.2 Å². The second-order valence-electron chi connectivity index (χ2n) is 6.97. The number of pyridine rings is 1. The molecule has 0 saturated carbocycles. The van der Waals surface area contributed by atoms with Gasteiger partial charge < -0.3 is 20.1 Å². The molecule has 4 rings (SSSR count). The average molecular weight is 363 g/mol. The fraction of sp³-hybridized carbons (Fsp3) is 0.333. The second kappa shape index (κ2) is 7.80. The van der Waals surface area contributed by atoms with Crippen molar-refractivity contribution in [3.8, 4) is 0 Å². The first-order valence-corrected chi connectivity index (χ1v) is 9.44. The molecule has 0 atom stereocenters. The van der Waals surface area contributed by atoms with Crippen LogP contribution in [0.1, 0.15) is 15.9 Å². The summed E-state index contributed by atoms with van der Waals surface area (Å²) in [6.07, 6.45) is 4.40. The Balaban J connectivity index is 1.31. The minimum absolute atomic E-state index is 0.0781. The Morgan fingerprint density at radius 3 is 2.74 bits per heavy atom. The quantitative estimate of drug-likeness (QED) is 0.727. The van der Waals surface area contributed by atoms with Crippen molar-refractivity contribution in [2.24, 2.45) is 7.05 Å². The van der Waals surface area contributed by atoms with Gasteiger partial charge in [-0.2, -0.15) is 0 Å². The number of amides is 1. The molecule has 0 spiro atoms. The summed E-state index contributed by atoms with van der Waals surface area (Å²) in [5, 5.41) is 7.34. The van der Waals surface area contributed by atoms with E-state index < -0.39 is 0 Å². The number of benzene rings is 1. The predicted molar refractivity (Wildman–Crippen MR) is 108 cm³/mol. The van der Waals surface area contributed by atoms with E-state index in [0.29, 0.717) is 12.1 Å². The summed E-state index contributed by atoms with van der Waals surface area (Å²) in [4.78, 5) is 19.1. The molecular weight excluding hydrogens is 338 g/mol. The van der Waals surface area contributed by atoms with Crippen LogP contribution in [-0.4, -0.2) is 48.2 Å². The molecule has 140 valence electrons. The van der Waals surface area contributed by atoms with Crippen molar-refractivity contribution in [2.75, 3.05) is 37.6 Å². The van der Waals surface area contributed by atoms with Gasteiger partial charge in [-0.1, -0.05) is 12.1 Å². The van der Waals surface area contributed by atoms with Crippen LogP contribution >= 0.6 is 0 Å². The molecule has 6 heteroatoms. The lowest BCUT2D eigenvalue weighted by Crippen LogP contribution is -2.43. The minimum atomic E-state index is -0.0781. The number of carbonyl (C=O) groups is 1. The van der Waals surface area contributed by atoms with Gasteiger partial charge in [0.1, 0.15) is 5.65 Å². The third-order valence-corrected chi connectivity index (χ3v) is 5.09. The fourth-order valence-corrected chi connectivity index (χ4v) is 3.50. The summed E-state index contributed by atoms with van der Waals surface area (Å²) >= 11 is 0. The van der Waals surface area contributed by atoms with E-state index in [1.165, 1.54) is 11.3 Å². The Kier molecular flexibility index (Phi) is 5.07. The fourth-order valence-electron chi connectivity index (χ4n) is 3.50. The molecule has 2 aromatic heterocycles. The predicted octanol–water partition coefficient (Wildman–Crippen LogP) is 1.96. The number of hydrogen-bond donors (Lipinski definition) is 2. The van der Waals surface area contributed by atoms with Gasteiger partial charge in [-0.05, 0) is 36.2 Å². The number of aromatic nitrogens is 2. The molecule has 0 unspecified atom stereocenters. The van der Waals surface area contributed by atoms with Crippen LogP contribution in [0.15, 0.2) is 48.8 Å². The molecule has 1 aliphatic heterocycles. The monoisotopic (exact) mass is 363 g/mol. The summed E-state index contributed by atoms with van der Waals surface area (Å²) in [5.74, 6) is -0.0781. The Morgan fingerprint density at radius 2 is 1.96 bits per heavy atom. The number of nitrogens with one attached hydrogen (secondary N) is 2. The highest BCUT2D eigenvalue weighted by Crippen LogP contribution is 2.16. The third-order valence-electron chi connectivity index (χ3n) is 5.09. The van der Waals surface area contributed by atoms with Gasteiger partial charge in [0.2, 0.25) is 0 Å². The SMILES string of the molecule is Cn1ccc2cc(C(=O)NCCc3ccc(N4CCNCC4)cc3)cnc21. The number of hydrogen-bond acceptors (Lipinski definition) is 4. The Bertz CT molecular complexity index is 925. The highest BCUT2D eigenvalue weighted by molar-refractivity contribution is 5.96. The van der Waals surface area contributed by atoms with Gasteiger partial charge in [-0.25, -0.2) is 4.98 Å². The van der Waals surface area contributed by atoms with E-state index in [0.717, 1.165) is 43.6 Å². The molecule has 0 radical (unpaired) electrons. The lowest BCUT2D eigenvalue weighted by molar-refractivity contribution is 0.0954. The molecule has 3 heterocycles. The van der Waals surface area contributed by atoms with Gasteiger partial charge in [0.15, 0.2) is 0 Å². The van der Waals surface area contributed by atoms with Crippen LogP contribution in [0.2, 0.25) is 0 Å². The third kappa shape index (κ3) is 3.95. The number of nitrogens with zero attached hydrogens (tertiary/aromatic N) is 3. The zero-order valence-electron chi connectivity index (χ0n) is 15.6. The second-order valence-corrected chi connectivity index (χ2v) is 6.97. The van der Waals surface area contributed by atoms with Gasteiger partial charge in [0, 0.05) is 63.2 Å². The maximum atomic E-state index is 12.4. The van der Waals surface area contributed by atoms with E-state index in [9.17, 15) is 4.79 Å². The maximum absolute atomic E-state index is 12.4. The van der Waals surface area contributed by atoms with E-state index in [1.54, 1.807) is 6.20 Å². The van der Waals surface area contributed by atoms with Crippen LogP contribution in [-0.2, 0) is 13.5 Å². The molecule has 1 fully saturated rings. The number of piperazine rings is 1. The van der Waals surface area contributed by atoms with Crippen LogP contribution in [0.5, 0.6) is 0 Å². The summed E-state index contributed by atoms with van der Waals surface area (Å²) in [6.45, 7) is 4.79. The molecule has 0 aliphatic carbocycles. The zero-order valence-corrected chi connectivity index (χ0v) is 15.6. The van der Waals surface area contributed by atoms with Crippen molar-refractivity contribution < 1.29 is 4.79 Å². The van der Waals surface area contributed by atoms with E-state index in [1.807, 2.05) is 29.9 Å². The van der Waals surface area contributed by atoms with Crippen molar-refractivity contribution in [1.29, 1.82) is 0 Å². The van der Waals surface area contributed by atoms with Crippen LogP contribution in [0, 0.1) is 0 Å². The van der Waals surface area contributed by atoms with Gasteiger partial charge in [-0.3, -0.25) is 4.79 Å². The number of fused-ring (bicyclic) bond motifs is 1. The van der Waals surface area contributed by atoms with Gasteiger partial charge >= 0.3 is 0 Å². The minimum Gasteiger partial charge on any atom is -0.369 e. The van der Waals surface area contributed by atoms with Crippen molar-refractivity contribution in [3.63, 3.8) is 0 Å². The van der Waals surface area contributed by atoms with Crippen molar-refractivity contribution >= 4 is 22.6 Å². The lowest BCUT2D eigenvalue weighted by Gasteiger charge is -2.29. The molecule has 2 N–H and O–H groups in total. The summed E-state index contributed by atoms with van der Waals surface area (Å²) < 4.78 is 1.95. The first-order valence-electron chi connectivity index (χ1n) is 9.44. The molecule has 3 aromatic rings. The van der Waals surface area contributed by atoms with Crippen molar-refractivity contribution in [3.05, 3.63) is 59.9 Å². The molecule has 1 saturated heterocycles. The molecule has 6 nitrogen and oxygen atoms in total. The van der Waals surface area contributed by atoms with Crippen LogP contribution in [0.4, 0.5) is 5.69 Å². The van der Waals surface area contributed by atoms with Gasteiger partial charge in [0.25, 0.3) is 5.91 Å². The summed E-state index contributed by atoms with van der Waals surface area (Å²) in [7, 11) is 1.95. The van der Waals surface area contributed by atoms with E-state index >= 15 is 0 Å². The number of rotatable bonds is 5. The van der Waals surface area contributed by atoms with Gasteiger partial charge in [0.05, 0.1) is 5.56 Å². The molecular formula is C21H25N5O. The average Bonchev–Trinajstić information content (AvgIpc) is 3.09. The Labute approximate surface area is 159 Å². The van der Waals surface area contributed by atoms with E-state index in [-0.39, 0.29) is 5.91 Å². The molecule has 1 aromatic carbocycles. The molecule has 1 aliphatic rings. The smallest absolute Gasteiger partial charge is 0.252 e. The highest BCUT2D eigenvalue weighted by Gasteiger charge is 2.11. The van der Waals surface area contributed by atoms with E-state index in [2.05, 4.69) is 44.8 Å². The number of anilines is 1. The summed E-state index contributed by atoms with van der Waals surface area (Å²) in [5.41, 5.74) is 3.98. The summed E-state index contributed by atoms with van der Waals surface area (Å²) in [6, 6.07) is 12.5. The van der Waals surface area contributed by atoms with Crippen LogP contribution < -0.4 is 15.5 Å². The Hall–Kier alpha value is -2.86. The van der Waals surface area contributed by atoms with Crippen molar-refractivity contribution in [1.82, 2.24) is 20.2 Å². The van der Waals surface area contributed by atoms with Crippen LogP contribution in [0.3, 0.4) is 0 Å². The number of carbonyl (C=O) groups excluding carboxylic acids is 1. The van der Waals surface area contributed by atoms with Crippen LogP contribution in [0.25, 0.3) is 11.0 Å². The van der Waals surface area contributed by atoms with E-state index in [4.69, 9.17) is 0 Å². The standard InChI is InChI=1S/C21H25N5O/c1-25-11-7-17-14-18(15-24-20(17)25)21(27)23-8-6-16-2-4-19(5-3-16)26-12-9-22-10-13-26/h2-5,7,11,14-15,22H,6,8-10,12-13H2,1H3,(H,23,27). The highest BCUT2D eigenvalue weighted by atomic mass is 16.1. The largest absolute Gasteiger partial charge is 0.369 e. The lowest BCUT2D eigenvalue weighted by atomic mass is 10.1. The normalized spacial score (nSPS) is 14.5. The first kappa shape index (κ1) is 17.5. The first-order chi connectivity index (χ1) is 13.2. The molecule has 1 amide bonds. The zero-order chi connectivity index (χ0) is 18.6. The molecule has 0 bridgehead atoms. The van der Waals surface area contributed by atoms with Gasteiger partial charge in [-0.15, -0.1) is 0 Å². The maximum Gasteiger partial charge on any atom is 0.252 e. The van der Waals surface area contributed by atoms with Crippen molar-refractivity contribution in [2.45, 2.75) is 6.42 Å². The Morgan fingerprint density at radius 1 is 1.19 bits per heavy atom. The number of aryl methyl sites for hydroxylation is 1. The molecule has 27 heavy (non-hydrogen) atoms.